The highest BCUT2D eigenvalue weighted by Crippen LogP contribution is 2.41. The van der Waals surface area contributed by atoms with Gasteiger partial charge in [-0.15, -0.1) is 0 Å². The summed E-state index contributed by atoms with van der Waals surface area (Å²) in [7, 11) is 0.768. The maximum Gasteiger partial charge on any atom is 0.146 e. The van der Waals surface area contributed by atoms with Crippen LogP contribution in [0.2, 0.25) is 0 Å². The molecule has 2 saturated heterocycles. The number of hydrogen-bond donors (Lipinski definition) is 0. The second-order valence-corrected chi connectivity index (χ2v) is 5.71. The van der Waals surface area contributed by atoms with Crippen molar-refractivity contribution in [1.82, 2.24) is 0 Å². The predicted molar refractivity (Wildman–Crippen MR) is 72.3 cm³/mol. The molecule has 0 radical (unpaired) electrons. The van der Waals surface area contributed by atoms with Crippen molar-refractivity contribution < 1.29 is 13.9 Å². The SMILES string of the molecule is [SiH3]OC(c1ccccc1)C(C1COC1)C1COC1. The fraction of sp³-hybridized carbons (Fsp3) is 0.571. The summed E-state index contributed by atoms with van der Waals surface area (Å²) in [5.41, 5.74) is 1.30. The first-order chi connectivity index (χ1) is 8.90. The molecule has 98 valence electrons. The standard InChI is InChI=1S/C14H20O3Si/c18-17-14(10-4-2-1-3-5-10)13(11-6-15-7-11)12-8-16-9-12/h1-5,11-14H,6-9H2,18H3. The van der Waals surface area contributed by atoms with Crippen LogP contribution >= 0.6 is 0 Å². The average Bonchev–Trinajstić information content (AvgIpc) is 2.27. The summed E-state index contributed by atoms with van der Waals surface area (Å²) in [6.45, 7) is 3.54. The molecule has 2 aliphatic heterocycles. The molecule has 3 nitrogen and oxygen atoms in total. The van der Waals surface area contributed by atoms with Crippen molar-refractivity contribution in [2.75, 3.05) is 26.4 Å². The molecule has 2 aliphatic rings. The first-order valence-corrected chi connectivity index (χ1v) is 7.45. The zero-order chi connectivity index (χ0) is 12.4. The van der Waals surface area contributed by atoms with E-state index in [0.717, 1.165) is 36.9 Å². The highest BCUT2D eigenvalue weighted by atomic mass is 28.2. The summed E-state index contributed by atoms with van der Waals surface area (Å²) in [6, 6.07) is 10.6. The van der Waals surface area contributed by atoms with Crippen molar-refractivity contribution in [2.45, 2.75) is 6.10 Å². The molecule has 1 atom stereocenters. The Balaban J connectivity index is 1.82. The minimum atomic E-state index is 0.223. The van der Waals surface area contributed by atoms with E-state index >= 15 is 0 Å². The van der Waals surface area contributed by atoms with Gasteiger partial charge in [-0.2, -0.15) is 0 Å². The van der Waals surface area contributed by atoms with E-state index in [1.54, 1.807) is 0 Å². The Morgan fingerprint density at radius 3 is 1.94 bits per heavy atom. The van der Waals surface area contributed by atoms with Crippen LogP contribution in [-0.4, -0.2) is 36.9 Å². The normalized spacial score (nSPS) is 22.7. The lowest BCUT2D eigenvalue weighted by atomic mass is 9.74. The Bertz CT molecular complexity index is 362. The van der Waals surface area contributed by atoms with Crippen LogP contribution in [0, 0.1) is 17.8 Å². The molecule has 2 fully saturated rings. The van der Waals surface area contributed by atoms with Gasteiger partial charge in [0.25, 0.3) is 0 Å². The van der Waals surface area contributed by atoms with E-state index in [-0.39, 0.29) is 6.10 Å². The van der Waals surface area contributed by atoms with Crippen molar-refractivity contribution >= 4 is 10.5 Å². The van der Waals surface area contributed by atoms with Crippen LogP contribution in [0.3, 0.4) is 0 Å². The van der Waals surface area contributed by atoms with Crippen LogP contribution in [-0.2, 0) is 13.9 Å². The first-order valence-electron chi connectivity index (χ1n) is 6.63. The van der Waals surface area contributed by atoms with E-state index < -0.39 is 0 Å². The van der Waals surface area contributed by atoms with Crippen LogP contribution in [0.25, 0.3) is 0 Å². The van der Waals surface area contributed by atoms with Crippen molar-refractivity contribution in [3.8, 4) is 0 Å². The monoisotopic (exact) mass is 264 g/mol. The van der Waals surface area contributed by atoms with Gasteiger partial charge < -0.3 is 13.9 Å². The molecule has 4 heteroatoms. The predicted octanol–water partition coefficient (Wildman–Crippen LogP) is 0.934. The molecular weight excluding hydrogens is 244 g/mol. The van der Waals surface area contributed by atoms with E-state index in [4.69, 9.17) is 13.9 Å². The van der Waals surface area contributed by atoms with Crippen LogP contribution < -0.4 is 0 Å². The average molecular weight is 264 g/mol. The quantitative estimate of drug-likeness (QED) is 0.741. The Hall–Kier alpha value is -0.683. The summed E-state index contributed by atoms with van der Waals surface area (Å²) in [5.74, 6) is 1.82. The molecule has 1 aromatic rings. The van der Waals surface area contributed by atoms with Crippen molar-refractivity contribution in [1.29, 1.82) is 0 Å². The van der Waals surface area contributed by atoms with Gasteiger partial charge >= 0.3 is 0 Å². The molecule has 0 bridgehead atoms. The van der Waals surface area contributed by atoms with Gasteiger partial charge in [0.1, 0.15) is 10.5 Å². The van der Waals surface area contributed by atoms with Gasteiger partial charge in [-0.1, -0.05) is 30.3 Å². The molecule has 2 heterocycles. The highest BCUT2D eigenvalue weighted by molar-refractivity contribution is 5.98. The maximum absolute atomic E-state index is 5.94. The second kappa shape index (κ2) is 5.53. The molecule has 3 rings (SSSR count). The van der Waals surface area contributed by atoms with Crippen molar-refractivity contribution in [3.05, 3.63) is 35.9 Å². The zero-order valence-electron chi connectivity index (χ0n) is 10.7. The lowest BCUT2D eigenvalue weighted by molar-refractivity contribution is -0.153. The summed E-state index contributed by atoms with van der Waals surface area (Å²) in [6.07, 6.45) is 0.223. The first kappa shape index (κ1) is 12.4. The van der Waals surface area contributed by atoms with Gasteiger partial charge in [-0.3, -0.25) is 0 Å². The largest absolute Gasteiger partial charge is 0.421 e. The van der Waals surface area contributed by atoms with E-state index in [9.17, 15) is 0 Å². The number of benzene rings is 1. The molecule has 1 unspecified atom stereocenters. The minimum absolute atomic E-state index is 0.223. The van der Waals surface area contributed by atoms with Gasteiger partial charge in [0.05, 0.1) is 32.5 Å². The van der Waals surface area contributed by atoms with E-state index in [1.807, 2.05) is 0 Å². The third-order valence-corrected chi connectivity index (χ3v) is 4.66. The van der Waals surface area contributed by atoms with E-state index in [0.29, 0.717) is 17.8 Å². The third-order valence-electron chi connectivity index (χ3n) is 4.15. The number of rotatable bonds is 5. The zero-order valence-corrected chi connectivity index (χ0v) is 12.7. The summed E-state index contributed by atoms with van der Waals surface area (Å²) in [5, 5.41) is 0. The van der Waals surface area contributed by atoms with E-state index in [1.165, 1.54) is 5.56 Å². The molecule has 0 aliphatic carbocycles. The molecular formula is C14H20O3Si. The molecule has 0 spiro atoms. The fourth-order valence-electron chi connectivity index (χ4n) is 2.99. The van der Waals surface area contributed by atoms with E-state index in [2.05, 4.69) is 30.3 Å². The molecule has 1 aromatic carbocycles. The molecule has 0 saturated carbocycles. The van der Waals surface area contributed by atoms with Gasteiger partial charge in [0, 0.05) is 17.8 Å². The summed E-state index contributed by atoms with van der Waals surface area (Å²) < 4.78 is 16.7. The maximum atomic E-state index is 5.94. The Labute approximate surface area is 111 Å². The van der Waals surface area contributed by atoms with Crippen LogP contribution in [0.4, 0.5) is 0 Å². The van der Waals surface area contributed by atoms with Gasteiger partial charge in [-0.05, 0) is 5.56 Å². The van der Waals surface area contributed by atoms with Gasteiger partial charge in [0.15, 0.2) is 0 Å². The Morgan fingerprint density at radius 2 is 1.56 bits per heavy atom. The molecule has 0 amide bonds. The smallest absolute Gasteiger partial charge is 0.146 e. The van der Waals surface area contributed by atoms with Crippen molar-refractivity contribution in [3.63, 3.8) is 0 Å². The second-order valence-electron chi connectivity index (χ2n) is 5.24. The van der Waals surface area contributed by atoms with Crippen LogP contribution in [0.5, 0.6) is 0 Å². The van der Waals surface area contributed by atoms with Crippen molar-refractivity contribution in [2.24, 2.45) is 17.8 Å². The molecule has 0 N–H and O–H groups in total. The topological polar surface area (TPSA) is 27.7 Å². The summed E-state index contributed by atoms with van der Waals surface area (Å²) >= 11 is 0. The van der Waals surface area contributed by atoms with Crippen LogP contribution in [0.1, 0.15) is 11.7 Å². The number of hydrogen-bond acceptors (Lipinski definition) is 3. The fourth-order valence-corrected chi connectivity index (χ4v) is 3.58. The highest BCUT2D eigenvalue weighted by Gasteiger charge is 2.42. The minimum Gasteiger partial charge on any atom is -0.421 e. The lowest BCUT2D eigenvalue weighted by Gasteiger charge is -2.45. The number of ether oxygens (including phenoxy) is 2. The lowest BCUT2D eigenvalue weighted by Crippen LogP contribution is -2.47. The Morgan fingerprint density at radius 1 is 1.00 bits per heavy atom. The van der Waals surface area contributed by atoms with Gasteiger partial charge in [0.2, 0.25) is 0 Å². The Kier molecular flexibility index (Phi) is 3.79. The third kappa shape index (κ3) is 2.25. The van der Waals surface area contributed by atoms with Gasteiger partial charge in [-0.25, -0.2) is 0 Å². The summed E-state index contributed by atoms with van der Waals surface area (Å²) in [4.78, 5) is 0. The molecule has 18 heavy (non-hydrogen) atoms. The molecule has 0 aromatic heterocycles. The van der Waals surface area contributed by atoms with Crippen LogP contribution in [0.15, 0.2) is 30.3 Å².